The first kappa shape index (κ1) is 15.5. The van der Waals surface area contributed by atoms with Crippen molar-refractivity contribution in [2.45, 2.75) is 61.7 Å². The molecule has 2 saturated carbocycles. The summed E-state index contributed by atoms with van der Waals surface area (Å²) in [5, 5.41) is 10.4. The molecule has 5 nitrogen and oxygen atoms in total. The largest absolute Gasteiger partial charge is 0.504 e. The molecule has 6 rings (SSSR count). The Morgan fingerprint density at radius 1 is 1.35 bits per heavy atom. The van der Waals surface area contributed by atoms with Gasteiger partial charge in [0, 0.05) is 31.7 Å². The minimum atomic E-state index is -0.510. The number of hydrogen-bond acceptors (Lipinski definition) is 5. The van der Waals surface area contributed by atoms with Crippen molar-refractivity contribution in [3.63, 3.8) is 0 Å². The van der Waals surface area contributed by atoms with Crippen LogP contribution in [0.15, 0.2) is 12.1 Å². The van der Waals surface area contributed by atoms with E-state index in [1.54, 1.807) is 6.07 Å². The number of phenolic OH excluding ortho intramolecular Hbond substituents is 1. The normalized spacial score (nSPS) is 40.3. The molecule has 1 aromatic rings. The Kier molecular flexibility index (Phi) is 2.86. The highest BCUT2D eigenvalue weighted by Gasteiger charge is 2.74. The van der Waals surface area contributed by atoms with Gasteiger partial charge >= 0.3 is 0 Å². The molecular weight excluding hydrogens is 330 g/mol. The predicted octanol–water partition coefficient (Wildman–Crippen LogP) is 2.18. The van der Waals surface area contributed by atoms with Crippen LogP contribution >= 0.6 is 0 Å². The van der Waals surface area contributed by atoms with E-state index in [0.29, 0.717) is 12.2 Å². The highest BCUT2D eigenvalue weighted by Crippen LogP contribution is 2.65. The number of hydrogen-bond donors (Lipinski definition) is 1. The van der Waals surface area contributed by atoms with E-state index in [1.807, 2.05) is 13.2 Å². The second kappa shape index (κ2) is 4.82. The lowest BCUT2D eigenvalue weighted by atomic mass is 9.49. The van der Waals surface area contributed by atoms with Gasteiger partial charge in [0.25, 0.3) is 0 Å². The van der Waals surface area contributed by atoms with Gasteiger partial charge < -0.3 is 14.6 Å². The summed E-state index contributed by atoms with van der Waals surface area (Å²) in [6.07, 6.45) is 5.20. The van der Waals surface area contributed by atoms with E-state index in [9.17, 15) is 9.90 Å². The first-order valence-electron chi connectivity index (χ1n) is 9.94. The lowest BCUT2D eigenvalue weighted by molar-refractivity contribution is -0.202. The molecule has 0 amide bonds. The molecule has 5 heteroatoms. The average Bonchev–Trinajstić information content (AvgIpc) is 3.38. The van der Waals surface area contributed by atoms with E-state index in [0.717, 1.165) is 43.8 Å². The number of carbonyl (C=O) groups is 1. The average molecular weight is 355 g/mol. The number of Topliss-reactive ketones (excluding diaryl/α,β-unsaturated/α-hetero) is 1. The van der Waals surface area contributed by atoms with Crippen molar-refractivity contribution < 1.29 is 19.4 Å². The molecule has 1 spiro atoms. The maximum Gasteiger partial charge on any atom is 0.174 e. The Morgan fingerprint density at radius 3 is 2.96 bits per heavy atom. The molecule has 1 unspecified atom stereocenters. The summed E-state index contributed by atoms with van der Waals surface area (Å²) in [6, 6.07) is 4.05. The zero-order valence-corrected chi connectivity index (χ0v) is 15.2. The number of phenols is 1. The minimum Gasteiger partial charge on any atom is -0.504 e. The molecule has 3 aliphatic carbocycles. The van der Waals surface area contributed by atoms with E-state index < -0.39 is 17.1 Å². The number of ketones is 1. The van der Waals surface area contributed by atoms with Crippen LogP contribution in [-0.2, 0) is 21.4 Å². The Labute approximate surface area is 153 Å². The smallest absolute Gasteiger partial charge is 0.174 e. The molecule has 138 valence electrons. The van der Waals surface area contributed by atoms with Crippen molar-refractivity contribution in [2.75, 3.05) is 20.2 Å². The first-order chi connectivity index (χ1) is 12.6. The maximum atomic E-state index is 12.9. The van der Waals surface area contributed by atoms with Crippen LogP contribution < -0.4 is 4.74 Å². The molecule has 1 aromatic carbocycles. The van der Waals surface area contributed by atoms with Gasteiger partial charge in [-0.15, -0.1) is 0 Å². The number of likely N-dealkylation sites (tertiary alicyclic amines) is 1. The number of benzene rings is 1. The van der Waals surface area contributed by atoms with Crippen LogP contribution in [0.4, 0.5) is 0 Å². The quantitative estimate of drug-likeness (QED) is 0.901. The zero-order chi connectivity index (χ0) is 17.7. The van der Waals surface area contributed by atoms with E-state index in [-0.39, 0.29) is 17.6 Å². The summed E-state index contributed by atoms with van der Waals surface area (Å²) in [7, 11) is 1.81. The number of aromatic hydroxyl groups is 1. The number of ether oxygens (including phenoxy) is 2. The summed E-state index contributed by atoms with van der Waals surface area (Å²) >= 11 is 0. The number of nitrogens with zero attached hydrogens (tertiary/aromatic N) is 1. The topological polar surface area (TPSA) is 59.0 Å². The van der Waals surface area contributed by atoms with Gasteiger partial charge in [-0.25, -0.2) is 0 Å². The fraction of sp³-hybridized carbons (Fsp3) is 0.667. The molecule has 0 radical (unpaired) electrons. The Morgan fingerprint density at radius 2 is 2.19 bits per heavy atom. The molecule has 1 N–H and O–H groups in total. The molecule has 4 atom stereocenters. The van der Waals surface area contributed by atoms with E-state index in [2.05, 4.69) is 4.90 Å². The van der Waals surface area contributed by atoms with Gasteiger partial charge in [0.05, 0.1) is 11.0 Å². The zero-order valence-electron chi connectivity index (χ0n) is 15.2. The maximum absolute atomic E-state index is 12.9. The van der Waals surface area contributed by atoms with Gasteiger partial charge in [-0.3, -0.25) is 9.69 Å². The van der Waals surface area contributed by atoms with Crippen LogP contribution in [0.5, 0.6) is 11.5 Å². The van der Waals surface area contributed by atoms with Crippen molar-refractivity contribution in [3.8, 4) is 11.5 Å². The minimum absolute atomic E-state index is 0.157. The van der Waals surface area contributed by atoms with Crippen LogP contribution in [0.2, 0.25) is 0 Å². The fourth-order valence-corrected chi connectivity index (χ4v) is 6.65. The molecule has 5 aliphatic rings. The summed E-state index contributed by atoms with van der Waals surface area (Å²) in [4.78, 5) is 15.5. The molecule has 2 heterocycles. The van der Waals surface area contributed by atoms with E-state index >= 15 is 0 Å². The van der Waals surface area contributed by atoms with Crippen LogP contribution in [-0.4, -0.2) is 53.7 Å². The van der Waals surface area contributed by atoms with Gasteiger partial charge in [0.15, 0.2) is 23.4 Å². The highest BCUT2D eigenvalue weighted by atomic mass is 16.5. The molecule has 2 aliphatic heterocycles. The Bertz CT molecular complexity index is 818. The number of rotatable bonds is 3. The third-order valence-corrected chi connectivity index (χ3v) is 7.88. The monoisotopic (exact) mass is 355 g/mol. The summed E-state index contributed by atoms with van der Waals surface area (Å²) in [5.41, 5.74) is 1.46. The van der Waals surface area contributed by atoms with Crippen LogP contribution in [0.25, 0.3) is 0 Å². The molecule has 3 fully saturated rings. The van der Waals surface area contributed by atoms with E-state index in [4.69, 9.17) is 9.47 Å². The molecule has 1 saturated heterocycles. The van der Waals surface area contributed by atoms with Crippen molar-refractivity contribution in [1.82, 2.24) is 4.90 Å². The third kappa shape index (κ3) is 1.59. The van der Waals surface area contributed by atoms with Crippen molar-refractivity contribution in [3.05, 3.63) is 23.3 Å². The summed E-state index contributed by atoms with van der Waals surface area (Å²) in [5.74, 6) is 1.69. The third-order valence-electron chi connectivity index (χ3n) is 7.88. The second-order valence-electron chi connectivity index (χ2n) is 8.89. The van der Waals surface area contributed by atoms with Gasteiger partial charge in [-0.1, -0.05) is 6.07 Å². The van der Waals surface area contributed by atoms with E-state index in [1.165, 1.54) is 18.4 Å². The van der Waals surface area contributed by atoms with Crippen LogP contribution in [0, 0.1) is 5.92 Å². The lowest BCUT2D eigenvalue weighted by Crippen LogP contribution is -2.77. The number of methoxy groups -OCH3 is 1. The molecular formula is C21H25NO4. The SMILES string of the molecule is COC12CCC(=O)[C@@H]3Oc4c(O)ccc5c4[C@@]31CCN(CC1CC1)[C@@H]2C5. The second-order valence-corrected chi connectivity index (χ2v) is 8.89. The first-order valence-corrected chi connectivity index (χ1v) is 9.94. The van der Waals surface area contributed by atoms with Crippen LogP contribution in [0.3, 0.4) is 0 Å². The number of carbonyl (C=O) groups excluding carboxylic acids is 1. The van der Waals surface area contributed by atoms with Gasteiger partial charge in [-0.05, 0) is 56.2 Å². The number of piperidine rings is 1. The summed E-state index contributed by atoms with van der Waals surface area (Å²) in [6.45, 7) is 2.12. The standard InChI is InChI=1S/C21H25NO4/c1-25-21-7-6-15(24)19-20(21)8-9-22(11-12-2-3-12)16(21)10-13-4-5-14(23)18(26-19)17(13)20/h4-5,12,16,19,23H,2-3,6-11H2,1H3/t16-,19+,20+,21?/m1/s1. The van der Waals surface area contributed by atoms with Crippen molar-refractivity contribution in [2.24, 2.45) is 5.92 Å². The molecule has 2 bridgehead atoms. The van der Waals surface area contributed by atoms with Crippen LogP contribution in [0.1, 0.15) is 43.2 Å². The van der Waals surface area contributed by atoms with Gasteiger partial charge in [-0.2, -0.15) is 0 Å². The van der Waals surface area contributed by atoms with Gasteiger partial charge in [0.2, 0.25) is 0 Å². The fourth-order valence-electron chi connectivity index (χ4n) is 6.65. The molecule has 0 aromatic heterocycles. The Hall–Kier alpha value is -1.59. The van der Waals surface area contributed by atoms with Crippen molar-refractivity contribution >= 4 is 5.78 Å². The Balaban J connectivity index is 1.60. The molecule has 26 heavy (non-hydrogen) atoms. The predicted molar refractivity (Wildman–Crippen MR) is 94.6 cm³/mol. The highest BCUT2D eigenvalue weighted by molar-refractivity contribution is 5.90. The summed E-state index contributed by atoms with van der Waals surface area (Å²) < 4.78 is 12.5. The van der Waals surface area contributed by atoms with Gasteiger partial charge in [0.1, 0.15) is 0 Å². The van der Waals surface area contributed by atoms with Crippen molar-refractivity contribution in [1.29, 1.82) is 0 Å². The lowest BCUT2D eigenvalue weighted by Gasteiger charge is -2.64.